The van der Waals surface area contributed by atoms with Crippen LogP contribution in [0.25, 0.3) is 5.69 Å². The van der Waals surface area contributed by atoms with Crippen molar-refractivity contribution in [3.8, 4) is 5.69 Å². The van der Waals surface area contributed by atoms with E-state index in [0.29, 0.717) is 18.9 Å². The Balaban J connectivity index is 1.58. The normalized spacial score (nSPS) is 14.4. The third-order valence-electron chi connectivity index (χ3n) is 4.73. The van der Waals surface area contributed by atoms with Crippen molar-refractivity contribution in [3.05, 3.63) is 65.9 Å². The zero-order chi connectivity index (χ0) is 18.8. The molecule has 1 aliphatic heterocycles. The van der Waals surface area contributed by atoms with E-state index in [0.717, 1.165) is 24.3 Å². The molecule has 0 saturated carbocycles. The van der Waals surface area contributed by atoms with Crippen LogP contribution in [0.15, 0.2) is 54.6 Å². The number of anilines is 2. The van der Waals surface area contributed by atoms with E-state index < -0.39 is 5.97 Å². The van der Waals surface area contributed by atoms with Gasteiger partial charge in [0.25, 0.3) is 0 Å². The maximum atomic E-state index is 11.7. The van der Waals surface area contributed by atoms with Gasteiger partial charge in [-0.2, -0.15) is 0 Å². The van der Waals surface area contributed by atoms with E-state index in [9.17, 15) is 9.90 Å². The third kappa shape index (κ3) is 3.48. The number of carboxylic acids is 1. The van der Waals surface area contributed by atoms with Crippen LogP contribution in [-0.2, 0) is 0 Å². The standard InChI is InChI=1S/C20H21N5O2/c1-15-6-5-9-17(14-15)25-21-18(20(26)27)19(22-25)24-12-10-23(11-13-24)16-7-3-2-4-8-16/h2-9,14H,10-13H2,1H3,(H,26,27). The van der Waals surface area contributed by atoms with Gasteiger partial charge in [0.15, 0.2) is 5.82 Å². The van der Waals surface area contributed by atoms with Gasteiger partial charge < -0.3 is 14.9 Å². The molecular weight excluding hydrogens is 342 g/mol. The summed E-state index contributed by atoms with van der Waals surface area (Å²) in [6.45, 7) is 4.99. The molecule has 0 radical (unpaired) electrons. The fourth-order valence-electron chi connectivity index (χ4n) is 3.33. The topological polar surface area (TPSA) is 74.5 Å². The van der Waals surface area contributed by atoms with E-state index in [-0.39, 0.29) is 5.69 Å². The van der Waals surface area contributed by atoms with Crippen molar-refractivity contribution in [3.63, 3.8) is 0 Å². The maximum absolute atomic E-state index is 11.7. The van der Waals surface area contributed by atoms with Crippen LogP contribution in [0.2, 0.25) is 0 Å². The van der Waals surface area contributed by atoms with Crippen LogP contribution in [0.1, 0.15) is 16.1 Å². The summed E-state index contributed by atoms with van der Waals surface area (Å²) in [6.07, 6.45) is 0. The second kappa shape index (κ2) is 7.11. The first kappa shape index (κ1) is 17.1. The van der Waals surface area contributed by atoms with Gasteiger partial charge in [-0.25, -0.2) is 4.79 Å². The number of hydrogen-bond donors (Lipinski definition) is 1. The minimum Gasteiger partial charge on any atom is -0.476 e. The lowest BCUT2D eigenvalue weighted by atomic mass is 10.2. The van der Waals surface area contributed by atoms with Gasteiger partial charge in [-0.05, 0) is 36.8 Å². The molecule has 0 unspecified atom stereocenters. The van der Waals surface area contributed by atoms with Crippen molar-refractivity contribution in [2.45, 2.75) is 6.92 Å². The highest BCUT2D eigenvalue weighted by atomic mass is 16.4. The highest BCUT2D eigenvalue weighted by Crippen LogP contribution is 2.22. The van der Waals surface area contributed by atoms with E-state index >= 15 is 0 Å². The SMILES string of the molecule is Cc1cccc(-n2nc(C(=O)O)c(N3CCN(c4ccccc4)CC3)n2)c1. The van der Waals surface area contributed by atoms with E-state index in [4.69, 9.17) is 0 Å². The molecule has 4 rings (SSSR count). The van der Waals surface area contributed by atoms with Crippen LogP contribution >= 0.6 is 0 Å². The van der Waals surface area contributed by atoms with Gasteiger partial charge in [0.2, 0.25) is 5.69 Å². The number of aromatic nitrogens is 3. The number of rotatable bonds is 4. The summed E-state index contributed by atoms with van der Waals surface area (Å²) in [6, 6.07) is 17.9. The van der Waals surface area contributed by atoms with Gasteiger partial charge >= 0.3 is 5.97 Å². The van der Waals surface area contributed by atoms with Crippen LogP contribution in [-0.4, -0.2) is 52.2 Å². The lowest BCUT2D eigenvalue weighted by Gasteiger charge is -2.36. The van der Waals surface area contributed by atoms with Crippen molar-refractivity contribution in [1.29, 1.82) is 0 Å². The molecule has 0 amide bonds. The van der Waals surface area contributed by atoms with Gasteiger partial charge in [-0.15, -0.1) is 15.0 Å². The van der Waals surface area contributed by atoms with Crippen molar-refractivity contribution >= 4 is 17.5 Å². The Kier molecular flexibility index (Phi) is 4.50. The molecule has 1 aliphatic rings. The van der Waals surface area contributed by atoms with E-state index in [1.54, 1.807) is 0 Å². The number of piperazine rings is 1. The van der Waals surface area contributed by atoms with Gasteiger partial charge in [0.05, 0.1) is 5.69 Å². The third-order valence-corrected chi connectivity index (χ3v) is 4.73. The van der Waals surface area contributed by atoms with Gasteiger partial charge in [0.1, 0.15) is 0 Å². The Morgan fingerprint density at radius 1 is 0.889 bits per heavy atom. The molecule has 1 saturated heterocycles. The lowest BCUT2D eigenvalue weighted by molar-refractivity contribution is 0.0690. The molecule has 0 bridgehead atoms. The molecule has 0 aliphatic carbocycles. The van der Waals surface area contributed by atoms with Crippen LogP contribution in [0.3, 0.4) is 0 Å². The van der Waals surface area contributed by atoms with Crippen molar-refractivity contribution in [1.82, 2.24) is 15.0 Å². The van der Waals surface area contributed by atoms with Crippen molar-refractivity contribution in [2.24, 2.45) is 0 Å². The fraction of sp³-hybridized carbons (Fsp3) is 0.250. The second-order valence-corrected chi connectivity index (χ2v) is 6.62. The number of hydrogen-bond acceptors (Lipinski definition) is 5. The highest BCUT2D eigenvalue weighted by Gasteiger charge is 2.26. The van der Waals surface area contributed by atoms with Crippen LogP contribution < -0.4 is 9.80 Å². The highest BCUT2D eigenvalue weighted by molar-refractivity contribution is 5.91. The van der Waals surface area contributed by atoms with E-state index in [1.165, 1.54) is 10.5 Å². The Morgan fingerprint density at radius 2 is 1.56 bits per heavy atom. The first-order valence-electron chi connectivity index (χ1n) is 8.94. The predicted octanol–water partition coefficient (Wildman–Crippen LogP) is 2.60. The monoisotopic (exact) mass is 363 g/mol. The Labute approximate surface area is 157 Å². The second-order valence-electron chi connectivity index (χ2n) is 6.62. The summed E-state index contributed by atoms with van der Waals surface area (Å²) in [4.78, 5) is 17.4. The molecular formula is C20H21N5O2. The number of aromatic carboxylic acids is 1. The number of nitrogens with zero attached hydrogens (tertiary/aromatic N) is 5. The molecule has 1 fully saturated rings. The molecule has 2 heterocycles. The molecule has 7 heteroatoms. The lowest BCUT2D eigenvalue weighted by Crippen LogP contribution is -2.47. The number of para-hydroxylation sites is 1. The zero-order valence-corrected chi connectivity index (χ0v) is 15.1. The van der Waals surface area contributed by atoms with E-state index in [1.807, 2.05) is 54.3 Å². The zero-order valence-electron chi connectivity index (χ0n) is 15.1. The maximum Gasteiger partial charge on any atom is 0.360 e. The van der Waals surface area contributed by atoms with Gasteiger partial charge in [0, 0.05) is 31.9 Å². The summed E-state index contributed by atoms with van der Waals surface area (Å²) < 4.78 is 0. The molecule has 0 spiro atoms. The average Bonchev–Trinajstić information content (AvgIpc) is 3.15. The summed E-state index contributed by atoms with van der Waals surface area (Å²) in [7, 11) is 0. The van der Waals surface area contributed by atoms with Crippen molar-refractivity contribution in [2.75, 3.05) is 36.0 Å². The first-order valence-corrected chi connectivity index (χ1v) is 8.94. The minimum atomic E-state index is -1.06. The molecule has 2 aromatic carbocycles. The first-order chi connectivity index (χ1) is 13.1. The fourth-order valence-corrected chi connectivity index (χ4v) is 3.33. The molecule has 1 N–H and O–H groups in total. The summed E-state index contributed by atoms with van der Waals surface area (Å²) in [5.74, 6) is -0.633. The molecule has 7 nitrogen and oxygen atoms in total. The molecule has 27 heavy (non-hydrogen) atoms. The summed E-state index contributed by atoms with van der Waals surface area (Å²) in [5, 5.41) is 18.3. The van der Waals surface area contributed by atoms with Gasteiger partial charge in [-0.1, -0.05) is 30.3 Å². The molecule has 3 aromatic rings. The number of aryl methyl sites for hydroxylation is 1. The number of carbonyl (C=O) groups is 1. The van der Waals surface area contributed by atoms with Gasteiger partial charge in [-0.3, -0.25) is 0 Å². The number of benzene rings is 2. The largest absolute Gasteiger partial charge is 0.476 e. The molecule has 0 atom stereocenters. The molecule has 1 aromatic heterocycles. The Hall–Kier alpha value is -3.35. The van der Waals surface area contributed by atoms with Crippen LogP contribution in [0.4, 0.5) is 11.5 Å². The van der Waals surface area contributed by atoms with E-state index in [2.05, 4.69) is 27.2 Å². The minimum absolute atomic E-state index is 0.00957. The average molecular weight is 363 g/mol. The van der Waals surface area contributed by atoms with Crippen LogP contribution in [0.5, 0.6) is 0 Å². The molecule has 138 valence electrons. The summed E-state index contributed by atoms with van der Waals surface area (Å²) >= 11 is 0. The van der Waals surface area contributed by atoms with Crippen molar-refractivity contribution < 1.29 is 9.90 Å². The Bertz CT molecular complexity index is 946. The number of carboxylic acid groups (broad SMARTS) is 1. The predicted molar refractivity (Wildman–Crippen MR) is 104 cm³/mol. The summed E-state index contributed by atoms with van der Waals surface area (Å²) in [5.41, 5.74) is 3.00. The van der Waals surface area contributed by atoms with Crippen LogP contribution in [0, 0.1) is 6.92 Å². The quantitative estimate of drug-likeness (QED) is 0.768. The Morgan fingerprint density at radius 3 is 2.22 bits per heavy atom. The smallest absolute Gasteiger partial charge is 0.360 e.